The fraction of sp³-hybridized carbons (Fsp3) is 0.855. The molecule has 0 aliphatic rings. The molecule has 3 atom stereocenters. The van der Waals surface area contributed by atoms with Gasteiger partial charge < -0.3 is 24.2 Å². The standard InChI is InChI=1S/C62H115O11P/c1-4-7-10-13-16-19-22-25-28-29-32-35-38-41-44-47-50-53-62(66)73-59(55-69-60(64)51-48-45-42-39-36-33-30-26-23-20-17-14-11-8-5-2)57-71-74(67,68)70-56-58(54-63)72-61(65)52-49-46-43-40-37-34-31-27-24-21-18-15-12-9-6-3/h18,21,25,27-28,31,58-59,63H,4-17,19-20,22-24,26,29-30,32-57H2,1-3H3,(H,67,68)/b21-18-,28-25-,31-27-. The number of phosphoric acid groups is 1. The van der Waals surface area contributed by atoms with Gasteiger partial charge in [-0.2, -0.15) is 0 Å². The second-order valence-corrected chi connectivity index (χ2v) is 22.3. The summed E-state index contributed by atoms with van der Waals surface area (Å²) in [6.07, 6.45) is 59.5. The third-order valence-corrected chi connectivity index (χ3v) is 14.5. The van der Waals surface area contributed by atoms with Crippen LogP contribution in [-0.2, 0) is 42.2 Å². The summed E-state index contributed by atoms with van der Waals surface area (Å²) in [5.41, 5.74) is 0. The summed E-state index contributed by atoms with van der Waals surface area (Å²) < 4.78 is 39.6. The molecule has 0 spiro atoms. The molecule has 0 saturated heterocycles. The maximum absolute atomic E-state index is 12.9. The fourth-order valence-electron chi connectivity index (χ4n) is 8.79. The number of rotatable bonds is 58. The third kappa shape index (κ3) is 54.5. The Bertz CT molecular complexity index is 1380. The number of ether oxygens (including phenoxy) is 3. The lowest BCUT2D eigenvalue weighted by Crippen LogP contribution is -2.30. The van der Waals surface area contributed by atoms with E-state index in [1.54, 1.807) is 0 Å². The second-order valence-electron chi connectivity index (χ2n) is 20.9. The summed E-state index contributed by atoms with van der Waals surface area (Å²) in [7, 11) is -4.75. The van der Waals surface area contributed by atoms with Crippen molar-refractivity contribution >= 4 is 25.7 Å². The van der Waals surface area contributed by atoms with Gasteiger partial charge in [0.15, 0.2) is 6.10 Å². The van der Waals surface area contributed by atoms with E-state index in [4.69, 9.17) is 23.3 Å². The lowest BCUT2D eigenvalue weighted by Gasteiger charge is -2.21. The topological polar surface area (TPSA) is 155 Å². The zero-order chi connectivity index (χ0) is 54.1. The first-order valence-corrected chi connectivity index (χ1v) is 32.4. The van der Waals surface area contributed by atoms with E-state index in [0.29, 0.717) is 19.3 Å². The Labute approximate surface area is 454 Å². The van der Waals surface area contributed by atoms with Crippen LogP contribution in [0, 0.1) is 0 Å². The number of aliphatic hydroxyl groups excluding tert-OH is 1. The third-order valence-electron chi connectivity index (χ3n) is 13.5. The molecule has 0 aliphatic heterocycles. The van der Waals surface area contributed by atoms with Gasteiger partial charge in [0.25, 0.3) is 0 Å². The minimum absolute atomic E-state index is 0.164. The van der Waals surface area contributed by atoms with Gasteiger partial charge in [-0.1, -0.05) is 243 Å². The van der Waals surface area contributed by atoms with Crippen LogP contribution in [0.2, 0.25) is 0 Å². The van der Waals surface area contributed by atoms with Gasteiger partial charge in [0.05, 0.1) is 19.8 Å². The van der Waals surface area contributed by atoms with Crippen molar-refractivity contribution in [3.05, 3.63) is 36.5 Å². The maximum Gasteiger partial charge on any atom is 0.472 e. The predicted molar refractivity (Wildman–Crippen MR) is 307 cm³/mol. The van der Waals surface area contributed by atoms with Crippen molar-refractivity contribution in [3.63, 3.8) is 0 Å². The SMILES string of the molecule is CCCCC/C=C\C/C=C\CCCCCCCC(=O)OC(CO)COP(=O)(O)OCC(COC(=O)CCCCCCCCCCCCCCCCC)OC(=O)CCCCCCCCC/C=C\CCCCCCCC. The van der Waals surface area contributed by atoms with E-state index < -0.39 is 57.8 Å². The number of unbranched alkanes of at least 4 members (excludes halogenated alkanes) is 35. The lowest BCUT2D eigenvalue weighted by atomic mass is 10.0. The number of phosphoric ester groups is 1. The van der Waals surface area contributed by atoms with Gasteiger partial charge >= 0.3 is 25.7 Å². The monoisotopic (exact) mass is 1070 g/mol. The van der Waals surface area contributed by atoms with Crippen molar-refractivity contribution in [2.24, 2.45) is 0 Å². The molecule has 0 aromatic carbocycles. The Morgan fingerprint density at radius 2 is 0.662 bits per heavy atom. The molecule has 2 N–H and O–H groups in total. The van der Waals surface area contributed by atoms with E-state index in [-0.39, 0.29) is 25.9 Å². The Kier molecular flexibility index (Phi) is 55.1. The highest BCUT2D eigenvalue weighted by Crippen LogP contribution is 2.43. The maximum atomic E-state index is 12.9. The molecular weight excluding hydrogens is 952 g/mol. The van der Waals surface area contributed by atoms with Gasteiger partial charge in [0.2, 0.25) is 0 Å². The molecule has 12 heteroatoms. The van der Waals surface area contributed by atoms with Crippen molar-refractivity contribution in [1.29, 1.82) is 0 Å². The molecule has 0 fully saturated rings. The molecule has 3 unspecified atom stereocenters. The van der Waals surface area contributed by atoms with Crippen molar-refractivity contribution in [2.45, 2.75) is 315 Å². The van der Waals surface area contributed by atoms with Gasteiger partial charge in [0.1, 0.15) is 12.7 Å². The fourth-order valence-corrected chi connectivity index (χ4v) is 9.58. The van der Waals surface area contributed by atoms with Crippen LogP contribution in [0.1, 0.15) is 303 Å². The molecule has 0 aliphatic carbocycles. The second kappa shape index (κ2) is 56.9. The zero-order valence-electron chi connectivity index (χ0n) is 48.1. The van der Waals surface area contributed by atoms with E-state index in [0.717, 1.165) is 89.9 Å². The molecule has 11 nitrogen and oxygen atoms in total. The first-order chi connectivity index (χ1) is 36.2. The molecule has 0 heterocycles. The summed E-state index contributed by atoms with van der Waals surface area (Å²) in [4.78, 5) is 48.6. The molecule has 0 aromatic heterocycles. The van der Waals surface area contributed by atoms with Crippen LogP contribution < -0.4 is 0 Å². The molecule has 0 amide bonds. The predicted octanol–water partition coefficient (Wildman–Crippen LogP) is 18.4. The van der Waals surface area contributed by atoms with E-state index in [2.05, 4.69) is 57.2 Å². The minimum atomic E-state index is -4.75. The van der Waals surface area contributed by atoms with Crippen molar-refractivity contribution < 1.29 is 52.2 Å². The molecular formula is C62H115O11P. The molecule has 0 radical (unpaired) electrons. The van der Waals surface area contributed by atoms with E-state index in [1.807, 2.05) is 0 Å². The van der Waals surface area contributed by atoms with Crippen LogP contribution in [0.5, 0.6) is 0 Å². The zero-order valence-corrected chi connectivity index (χ0v) is 49.0. The molecule has 434 valence electrons. The van der Waals surface area contributed by atoms with E-state index >= 15 is 0 Å². The van der Waals surface area contributed by atoms with Crippen molar-refractivity contribution in [1.82, 2.24) is 0 Å². The smallest absolute Gasteiger partial charge is 0.462 e. The molecule has 0 saturated carbocycles. The van der Waals surface area contributed by atoms with Gasteiger partial charge in [0, 0.05) is 19.3 Å². The normalized spacial score (nSPS) is 13.5. The summed E-state index contributed by atoms with van der Waals surface area (Å²) in [6.45, 7) is 4.65. The first-order valence-electron chi connectivity index (χ1n) is 30.9. The number of hydrogen-bond donors (Lipinski definition) is 2. The Balaban J connectivity index is 4.70. The van der Waals surface area contributed by atoms with Crippen LogP contribution in [0.4, 0.5) is 0 Å². The lowest BCUT2D eigenvalue weighted by molar-refractivity contribution is -0.161. The number of esters is 3. The van der Waals surface area contributed by atoms with Crippen LogP contribution in [0.25, 0.3) is 0 Å². The number of carbonyl (C=O) groups is 3. The summed E-state index contributed by atoms with van der Waals surface area (Å²) >= 11 is 0. The average Bonchev–Trinajstić information content (AvgIpc) is 3.39. The minimum Gasteiger partial charge on any atom is -0.462 e. The Morgan fingerprint density at radius 1 is 0.378 bits per heavy atom. The summed E-state index contributed by atoms with van der Waals surface area (Å²) in [5, 5.41) is 9.83. The highest BCUT2D eigenvalue weighted by Gasteiger charge is 2.28. The van der Waals surface area contributed by atoms with Crippen molar-refractivity contribution in [3.8, 4) is 0 Å². The Morgan fingerprint density at radius 3 is 1.04 bits per heavy atom. The van der Waals surface area contributed by atoms with Crippen molar-refractivity contribution in [2.75, 3.05) is 26.4 Å². The van der Waals surface area contributed by atoms with Crippen LogP contribution in [0.15, 0.2) is 36.5 Å². The molecule has 74 heavy (non-hydrogen) atoms. The molecule has 0 rings (SSSR count). The molecule has 0 aromatic rings. The summed E-state index contributed by atoms with van der Waals surface area (Å²) in [6, 6.07) is 0. The van der Waals surface area contributed by atoms with Crippen LogP contribution in [-0.4, -0.2) is 66.5 Å². The van der Waals surface area contributed by atoms with Gasteiger partial charge in [-0.15, -0.1) is 0 Å². The highest BCUT2D eigenvalue weighted by atomic mass is 31.2. The number of aliphatic hydroxyl groups is 1. The largest absolute Gasteiger partial charge is 0.472 e. The van der Waals surface area contributed by atoms with E-state index in [9.17, 15) is 28.9 Å². The Hall–Kier alpha value is -2.30. The first kappa shape index (κ1) is 71.7. The van der Waals surface area contributed by atoms with Crippen LogP contribution in [0.3, 0.4) is 0 Å². The van der Waals surface area contributed by atoms with Gasteiger partial charge in [-0.25, -0.2) is 4.57 Å². The van der Waals surface area contributed by atoms with E-state index in [1.165, 1.54) is 154 Å². The number of carbonyl (C=O) groups excluding carboxylic acids is 3. The average molecular weight is 1070 g/mol. The van der Waals surface area contributed by atoms with Crippen LogP contribution >= 0.6 is 7.82 Å². The summed E-state index contributed by atoms with van der Waals surface area (Å²) in [5.74, 6) is -1.46. The highest BCUT2D eigenvalue weighted by molar-refractivity contribution is 7.47. The number of hydrogen-bond acceptors (Lipinski definition) is 10. The molecule has 0 bridgehead atoms. The van der Waals surface area contributed by atoms with Gasteiger partial charge in [-0.05, 0) is 77.0 Å². The van der Waals surface area contributed by atoms with Gasteiger partial charge in [-0.3, -0.25) is 23.4 Å². The number of allylic oxidation sites excluding steroid dienone is 6. The quantitative estimate of drug-likeness (QED) is 0.0197.